The summed E-state index contributed by atoms with van der Waals surface area (Å²) in [6, 6.07) is 0. The van der Waals surface area contributed by atoms with Crippen molar-refractivity contribution in [2.75, 3.05) is 0 Å². The van der Waals surface area contributed by atoms with Gasteiger partial charge in [0.25, 0.3) is 0 Å². The van der Waals surface area contributed by atoms with E-state index in [4.69, 9.17) is 10.3 Å². The highest BCUT2D eigenvalue weighted by molar-refractivity contribution is 7.13. The van der Waals surface area contributed by atoms with Crippen LogP contribution in [0.2, 0.25) is 0 Å². The van der Waals surface area contributed by atoms with Gasteiger partial charge in [0.15, 0.2) is 0 Å². The van der Waals surface area contributed by atoms with Gasteiger partial charge in [-0.3, -0.25) is 4.98 Å². The standard InChI is InChI=1S/C10H12N4OS/c1-10(11,6-2-3-6)9-13-8(14-15-9)7-4-12-5-16-7/h4-6H,2-3,11H2,1H3. The minimum Gasteiger partial charge on any atom is -0.337 e. The van der Waals surface area contributed by atoms with Gasteiger partial charge in [-0.25, -0.2) is 0 Å². The molecule has 0 aromatic carbocycles. The smallest absolute Gasteiger partial charge is 0.247 e. The second-order valence-corrected chi connectivity index (χ2v) is 5.23. The van der Waals surface area contributed by atoms with Crippen molar-refractivity contribution < 1.29 is 4.52 Å². The summed E-state index contributed by atoms with van der Waals surface area (Å²) in [5.41, 5.74) is 7.46. The number of hydrogen-bond acceptors (Lipinski definition) is 6. The average Bonchev–Trinajstić information content (AvgIpc) is 2.82. The van der Waals surface area contributed by atoms with Crippen LogP contribution in [0.5, 0.6) is 0 Å². The Morgan fingerprint density at radius 3 is 3.00 bits per heavy atom. The first-order chi connectivity index (χ1) is 7.68. The quantitative estimate of drug-likeness (QED) is 0.878. The molecule has 1 saturated carbocycles. The molecule has 0 amide bonds. The first-order valence-electron chi connectivity index (χ1n) is 5.20. The highest BCUT2D eigenvalue weighted by Crippen LogP contribution is 2.43. The first kappa shape index (κ1) is 9.92. The molecule has 2 heterocycles. The molecule has 1 aliphatic carbocycles. The monoisotopic (exact) mass is 236 g/mol. The largest absolute Gasteiger partial charge is 0.337 e. The molecule has 0 radical (unpaired) electrons. The predicted octanol–water partition coefficient (Wildman–Crippen LogP) is 1.78. The lowest BCUT2D eigenvalue weighted by Gasteiger charge is -2.18. The average molecular weight is 236 g/mol. The van der Waals surface area contributed by atoms with Crippen molar-refractivity contribution in [1.82, 2.24) is 15.1 Å². The third-order valence-electron chi connectivity index (χ3n) is 2.96. The minimum atomic E-state index is -0.490. The van der Waals surface area contributed by atoms with Crippen molar-refractivity contribution in [3.8, 4) is 10.7 Å². The van der Waals surface area contributed by atoms with Gasteiger partial charge in [0, 0.05) is 6.20 Å². The molecule has 6 heteroatoms. The van der Waals surface area contributed by atoms with Gasteiger partial charge in [-0.05, 0) is 25.7 Å². The normalized spacial score (nSPS) is 19.6. The third-order valence-corrected chi connectivity index (χ3v) is 3.73. The number of nitrogens with two attached hydrogens (primary N) is 1. The van der Waals surface area contributed by atoms with E-state index in [-0.39, 0.29) is 0 Å². The van der Waals surface area contributed by atoms with Gasteiger partial charge in [0.1, 0.15) is 0 Å². The molecule has 0 saturated heterocycles. The summed E-state index contributed by atoms with van der Waals surface area (Å²) in [6.45, 7) is 1.95. The topological polar surface area (TPSA) is 77.8 Å². The van der Waals surface area contributed by atoms with Gasteiger partial charge in [0.2, 0.25) is 11.7 Å². The second-order valence-electron chi connectivity index (χ2n) is 4.35. The van der Waals surface area contributed by atoms with Crippen molar-refractivity contribution in [2.24, 2.45) is 11.7 Å². The molecule has 1 fully saturated rings. The fourth-order valence-corrected chi connectivity index (χ4v) is 2.27. The number of hydrogen-bond donors (Lipinski definition) is 1. The summed E-state index contributed by atoms with van der Waals surface area (Å²) in [7, 11) is 0. The van der Waals surface area contributed by atoms with E-state index in [9.17, 15) is 0 Å². The fraction of sp³-hybridized carbons (Fsp3) is 0.500. The fourth-order valence-electron chi connectivity index (χ4n) is 1.73. The maximum atomic E-state index is 6.20. The molecule has 3 rings (SSSR count). The summed E-state index contributed by atoms with van der Waals surface area (Å²) in [4.78, 5) is 9.24. The Bertz CT molecular complexity index is 487. The van der Waals surface area contributed by atoms with Gasteiger partial charge in [-0.2, -0.15) is 4.98 Å². The van der Waals surface area contributed by atoms with E-state index in [1.54, 1.807) is 11.7 Å². The molecule has 0 spiro atoms. The summed E-state index contributed by atoms with van der Waals surface area (Å²) in [5, 5.41) is 3.94. The molecule has 16 heavy (non-hydrogen) atoms. The van der Waals surface area contributed by atoms with Crippen LogP contribution >= 0.6 is 11.3 Å². The molecule has 2 aromatic rings. The minimum absolute atomic E-state index is 0.474. The number of rotatable bonds is 3. The molecule has 5 nitrogen and oxygen atoms in total. The lowest BCUT2D eigenvalue weighted by atomic mass is 9.97. The van der Waals surface area contributed by atoms with Gasteiger partial charge < -0.3 is 10.3 Å². The van der Waals surface area contributed by atoms with Crippen molar-refractivity contribution in [2.45, 2.75) is 25.3 Å². The summed E-state index contributed by atoms with van der Waals surface area (Å²) < 4.78 is 5.25. The molecule has 0 bridgehead atoms. The van der Waals surface area contributed by atoms with Gasteiger partial charge in [-0.15, -0.1) is 11.3 Å². The van der Waals surface area contributed by atoms with Crippen LogP contribution in [0, 0.1) is 5.92 Å². The molecule has 0 aliphatic heterocycles. The molecule has 1 atom stereocenters. The lowest BCUT2D eigenvalue weighted by Crippen LogP contribution is -2.35. The van der Waals surface area contributed by atoms with Crippen LogP contribution in [0.25, 0.3) is 10.7 Å². The maximum absolute atomic E-state index is 6.20. The Labute approximate surface area is 96.7 Å². The van der Waals surface area contributed by atoms with Gasteiger partial charge in [0.05, 0.1) is 15.9 Å². The molecular weight excluding hydrogens is 224 g/mol. The van der Waals surface area contributed by atoms with Crippen LogP contribution in [0.15, 0.2) is 16.2 Å². The predicted molar refractivity (Wildman–Crippen MR) is 59.7 cm³/mol. The molecule has 1 aliphatic rings. The molecule has 1 unspecified atom stereocenters. The van der Waals surface area contributed by atoms with Crippen molar-refractivity contribution in [3.05, 3.63) is 17.6 Å². The molecular formula is C10H12N4OS. The first-order valence-corrected chi connectivity index (χ1v) is 6.08. The zero-order valence-electron chi connectivity index (χ0n) is 8.88. The van der Waals surface area contributed by atoms with E-state index in [1.807, 2.05) is 6.92 Å². The van der Waals surface area contributed by atoms with Crippen LogP contribution in [0.1, 0.15) is 25.7 Å². The Morgan fingerprint density at radius 1 is 1.56 bits per heavy atom. The van der Waals surface area contributed by atoms with Crippen molar-refractivity contribution in [3.63, 3.8) is 0 Å². The molecule has 2 N–H and O–H groups in total. The Balaban J connectivity index is 1.93. The molecule has 84 valence electrons. The zero-order chi connectivity index (χ0) is 11.2. The van der Waals surface area contributed by atoms with Crippen LogP contribution in [-0.2, 0) is 5.54 Å². The zero-order valence-corrected chi connectivity index (χ0v) is 9.70. The Kier molecular flexibility index (Phi) is 2.08. The van der Waals surface area contributed by atoms with E-state index < -0.39 is 5.54 Å². The van der Waals surface area contributed by atoms with E-state index in [1.165, 1.54) is 11.3 Å². The number of thiazole rings is 1. The van der Waals surface area contributed by atoms with Crippen molar-refractivity contribution in [1.29, 1.82) is 0 Å². The van der Waals surface area contributed by atoms with Crippen LogP contribution < -0.4 is 5.73 Å². The second kappa shape index (κ2) is 3.36. The van der Waals surface area contributed by atoms with E-state index in [0.717, 1.165) is 17.7 Å². The highest BCUT2D eigenvalue weighted by Gasteiger charge is 2.43. The Hall–Kier alpha value is -1.27. The third kappa shape index (κ3) is 1.54. The number of aromatic nitrogens is 3. The molecule has 2 aromatic heterocycles. The summed E-state index contributed by atoms with van der Waals surface area (Å²) in [6.07, 6.45) is 4.01. The lowest BCUT2D eigenvalue weighted by molar-refractivity contribution is 0.273. The van der Waals surface area contributed by atoms with E-state index in [0.29, 0.717) is 17.6 Å². The number of nitrogens with zero attached hydrogens (tertiary/aromatic N) is 3. The van der Waals surface area contributed by atoms with Crippen LogP contribution in [0.4, 0.5) is 0 Å². The van der Waals surface area contributed by atoms with Gasteiger partial charge in [-0.1, -0.05) is 5.16 Å². The van der Waals surface area contributed by atoms with Crippen molar-refractivity contribution >= 4 is 11.3 Å². The SMILES string of the molecule is CC(N)(c1nc(-c2cncs2)no1)C1CC1. The Morgan fingerprint density at radius 2 is 2.38 bits per heavy atom. The van der Waals surface area contributed by atoms with Gasteiger partial charge >= 0.3 is 0 Å². The maximum Gasteiger partial charge on any atom is 0.247 e. The van der Waals surface area contributed by atoms with E-state index >= 15 is 0 Å². The summed E-state index contributed by atoms with van der Waals surface area (Å²) in [5.74, 6) is 1.58. The highest BCUT2D eigenvalue weighted by atomic mass is 32.1. The van der Waals surface area contributed by atoms with E-state index in [2.05, 4.69) is 15.1 Å². The van der Waals surface area contributed by atoms with Crippen LogP contribution in [0.3, 0.4) is 0 Å². The summed E-state index contributed by atoms with van der Waals surface area (Å²) >= 11 is 1.49. The van der Waals surface area contributed by atoms with Crippen LogP contribution in [-0.4, -0.2) is 15.1 Å².